The summed E-state index contributed by atoms with van der Waals surface area (Å²) in [7, 11) is 4.03. The zero-order valence-corrected chi connectivity index (χ0v) is 13.9. The predicted molar refractivity (Wildman–Crippen MR) is 85.5 cm³/mol. The van der Waals surface area contributed by atoms with Crippen molar-refractivity contribution in [3.63, 3.8) is 0 Å². The van der Waals surface area contributed by atoms with E-state index in [4.69, 9.17) is 0 Å². The third kappa shape index (κ3) is 2.82. The number of aromatic nitrogens is 2. The first-order valence-electron chi connectivity index (χ1n) is 7.15. The van der Waals surface area contributed by atoms with E-state index in [1.54, 1.807) is 10.7 Å². The summed E-state index contributed by atoms with van der Waals surface area (Å²) in [6.45, 7) is 2.09. The summed E-state index contributed by atoms with van der Waals surface area (Å²) < 4.78 is 2.69. The smallest absolute Gasteiger partial charge is 0.257 e. The van der Waals surface area contributed by atoms with Crippen LogP contribution in [0.3, 0.4) is 0 Å². The Hall–Kier alpha value is -1.40. The Balaban J connectivity index is 1.84. The number of halogens is 1. The number of piperidine rings is 1. The molecular formula is C15H19BrN4O. The van der Waals surface area contributed by atoms with Crippen LogP contribution in [0.25, 0.3) is 5.52 Å². The molecule has 1 aliphatic heterocycles. The molecule has 1 aliphatic rings. The number of hydrogen-bond acceptors (Lipinski definition) is 3. The molecule has 21 heavy (non-hydrogen) atoms. The van der Waals surface area contributed by atoms with Gasteiger partial charge in [0.2, 0.25) is 0 Å². The van der Waals surface area contributed by atoms with Gasteiger partial charge in [0.25, 0.3) is 5.91 Å². The maximum atomic E-state index is 12.8. The van der Waals surface area contributed by atoms with Gasteiger partial charge < -0.3 is 9.80 Å². The number of likely N-dealkylation sites (tertiary alicyclic amines) is 1. The highest BCUT2D eigenvalue weighted by Crippen LogP contribution is 2.21. The Bertz CT molecular complexity index is 661. The largest absolute Gasteiger partial charge is 0.339 e. The molecule has 0 atom stereocenters. The molecule has 0 N–H and O–H groups in total. The standard InChI is InChI=1S/C15H19BrN4O/c1-18-6-4-12(5-7-18)19(2)15(21)13-10-17-20-8-3-11(16)9-14(13)20/h3,8-10,12H,4-7H2,1-2H3. The summed E-state index contributed by atoms with van der Waals surface area (Å²) in [5.41, 5.74) is 1.51. The second-order valence-corrected chi connectivity index (χ2v) is 6.60. The Labute approximate surface area is 132 Å². The van der Waals surface area contributed by atoms with Gasteiger partial charge in [0.1, 0.15) is 0 Å². The third-order valence-electron chi connectivity index (χ3n) is 4.27. The van der Waals surface area contributed by atoms with Crippen molar-refractivity contribution in [3.05, 3.63) is 34.6 Å². The zero-order chi connectivity index (χ0) is 15.0. The van der Waals surface area contributed by atoms with E-state index < -0.39 is 0 Å². The van der Waals surface area contributed by atoms with Gasteiger partial charge in [-0.25, -0.2) is 4.52 Å². The van der Waals surface area contributed by atoms with Gasteiger partial charge >= 0.3 is 0 Å². The van der Waals surface area contributed by atoms with E-state index in [1.165, 1.54) is 0 Å². The van der Waals surface area contributed by atoms with Gasteiger partial charge in [-0.1, -0.05) is 15.9 Å². The van der Waals surface area contributed by atoms with E-state index in [1.807, 2.05) is 30.3 Å². The molecule has 112 valence electrons. The summed E-state index contributed by atoms with van der Waals surface area (Å²) in [6.07, 6.45) is 5.57. The molecule has 3 rings (SSSR count). The van der Waals surface area contributed by atoms with E-state index in [-0.39, 0.29) is 5.91 Å². The van der Waals surface area contributed by atoms with Crippen LogP contribution in [0.15, 0.2) is 29.0 Å². The highest BCUT2D eigenvalue weighted by molar-refractivity contribution is 9.10. The monoisotopic (exact) mass is 350 g/mol. The molecule has 1 saturated heterocycles. The molecule has 0 radical (unpaired) electrons. The zero-order valence-electron chi connectivity index (χ0n) is 12.3. The first kappa shape index (κ1) is 14.5. The van der Waals surface area contributed by atoms with Crippen LogP contribution < -0.4 is 0 Å². The number of hydrogen-bond donors (Lipinski definition) is 0. The van der Waals surface area contributed by atoms with Gasteiger partial charge in [0.15, 0.2) is 0 Å². The van der Waals surface area contributed by atoms with Crippen LogP contribution in [0.2, 0.25) is 0 Å². The van der Waals surface area contributed by atoms with Gasteiger partial charge in [0, 0.05) is 23.8 Å². The van der Waals surface area contributed by atoms with Crippen LogP contribution in [-0.2, 0) is 0 Å². The number of nitrogens with zero attached hydrogens (tertiary/aromatic N) is 4. The van der Waals surface area contributed by atoms with Crippen LogP contribution >= 0.6 is 15.9 Å². The molecule has 0 spiro atoms. The molecule has 0 unspecified atom stereocenters. The summed E-state index contributed by atoms with van der Waals surface area (Å²) in [5, 5.41) is 4.26. The Morgan fingerprint density at radius 1 is 1.43 bits per heavy atom. The number of carbonyl (C=O) groups is 1. The normalized spacial score (nSPS) is 17.3. The number of pyridine rings is 1. The minimum Gasteiger partial charge on any atom is -0.339 e. The number of fused-ring (bicyclic) bond motifs is 1. The van der Waals surface area contributed by atoms with Gasteiger partial charge in [-0.05, 0) is 45.1 Å². The van der Waals surface area contributed by atoms with E-state index in [9.17, 15) is 4.79 Å². The topological polar surface area (TPSA) is 40.8 Å². The lowest BCUT2D eigenvalue weighted by Crippen LogP contribution is -2.44. The lowest BCUT2D eigenvalue weighted by molar-refractivity contribution is 0.0661. The van der Waals surface area contributed by atoms with E-state index >= 15 is 0 Å². The maximum absolute atomic E-state index is 12.8. The Morgan fingerprint density at radius 3 is 2.86 bits per heavy atom. The molecule has 0 saturated carbocycles. The van der Waals surface area contributed by atoms with Crippen LogP contribution in [0.5, 0.6) is 0 Å². The summed E-state index contributed by atoms with van der Waals surface area (Å²) in [5.74, 6) is 0.0534. The van der Waals surface area contributed by atoms with E-state index in [0.29, 0.717) is 11.6 Å². The summed E-state index contributed by atoms with van der Waals surface area (Å²) >= 11 is 3.45. The van der Waals surface area contributed by atoms with Crippen molar-refractivity contribution in [3.8, 4) is 0 Å². The minimum atomic E-state index is 0.0534. The molecule has 2 aromatic rings. The molecular weight excluding hydrogens is 332 g/mol. The molecule has 5 nitrogen and oxygen atoms in total. The number of amides is 1. The second kappa shape index (κ2) is 5.77. The average Bonchev–Trinajstić information content (AvgIpc) is 2.89. The number of carbonyl (C=O) groups excluding carboxylic acids is 1. The van der Waals surface area contributed by atoms with Gasteiger partial charge in [-0.3, -0.25) is 4.79 Å². The van der Waals surface area contributed by atoms with Crippen molar-refractivity contribution in [2.45, 2.75) is 18.9 Å². The van der Waals surface area contributed by atoms with E-state index in [0.717, 1.165) is 35.9 Å². The summed E-state index contributed by atoms with van der Waals surface area (Å²) in [6, 6.07) is 4.16. The van der Waals surface area contributed by atoms with Crippen molar-refractivity contribution in [1.29, 1.82) is 0 Å². The molecule has 0 bridgehead atoms. The van der Waals surface area contributed by atoms with Gasteiger partial charge in [-0.15, -0.1) is 0 Å². The molecule has 1 fully saturated rings. The van der Waals surface area contributed by atoms with Crippen molar-refractivity contribution in [1.82, 2.24) is 19.4 Å². The SMILES string of the molecule is CN1CCC(N(C)C(=O)c2cnn3ccc(Br)cc23)CC1. The van der Waals surface area contributed by atoms with E-state index in [2.05, 4.69) is 33.0 Å². The van der Waals surface area contributed by atoms with Crippen LogP contribution in [0, 0.1) is 0 Å². The Kier molecular flexibility index (Phi) is 3.99. The molecule has 0 aromatic carbocycles. The van der Waals surface area contributed by atoms with Gasteiger partial charge in [-0.2, -0.15) is 5.10 Å². The predicted octanol–water partition coefficient (Wildman–Crippen LogP) is 2.26. The molecule has 2 aromatic heterocycles. The quantitative estimate of drug-likeness (QED) is 0.834. The second-order valence-electron chi connectivity index (χ2n) is 5.68. The summed E-state index contributed by atoms with van der Waals surface area (Å²) in [4.78, 5) is 16.9. The van der Waals surface area contributed by atoms with Crippen molar-refractivity contribution in [2.24, 2.45) is 0 Å². The van der Waals surface area contributed by atoms with Crippen LogP contribution in [0.1, 0.15) is 23.2 Å². The van der Waals surface area contributed by atoms with Crippen LogP contribution in [-0.4, -0.2) is 58.5 Å². The molecule has 0 aliphatic carbocycles. The lowest BCUT2D eigenvalue weighted by atomic mass is 10.0. The Morgan fingerprint density at radius 2 is 2.14 bits per heavy atom. The molecule has 6 heteroatoms. The average molecular weight is 351 g/mol. The van der Waals surface area contributed by atoms with Crippen molar-refractivity contribution in [2.75, 3.05) is 27.2 Å². The molecule has 3 heterocycles. The highest BCUT2D eigenvalue weighted by atomic mass is 79.9. The van der Waals surface area contributed by atoms with Crippen molar-refractivity contribution < 1.29 is 4.79 Å². The fourth-order valence-electron chi connectivity index (χ4n) is 2.86. The fraction of sp³-hybridized carbons (Fsp3) is 0.467. The van der Waals surface area contributed by atoms with Gasteiger partial charge in [0.05, 0.1) is 17.3 Å². The lowest BCUT2D eigenvalue weighted by Gasteiger charge is -2.35. The highest BCUT2D eigenvalue weighted by Gasteiger charge is 2.26. The molecule has 1 amide bonds. The fourth-order valence-corrected chi connectivity index (χ4v) is 3.19. The van der Waals surface area contributed by atoms with Crippen LogP contribution in [0.4, 0.5) is 0 Å². The maximum Gasteiger partial charge on any atom is 0.257 e. The van der Waals surface area contributed by atoms with Crippen molar-refractivity contribution >= 4 is 27.4 Å². The first-order valence-corrected chi connectivity index (χ1v) is 7.94. The first-order chi connectivity index (χ1) is 10.1. The number of rotatable bonds is 2. The minimum absolute atomic E-state index is 0.0534. The third-order valence-corrected chi connectivity index (χ3v) is 4.76.